The Kier molecular flexibility index (Phi) is 5.12. The fourth-order valence-electron chi connectivity index (χ4n) is 1.19. The smallest absolute Gasteiger partial charge is 0.176 e. The molecule has 0 aliphatic carbocycles. The Morgan fingerprint density at radius 2 is 2.06 bits per heavy atom. The van der Waals surface area contributed by atoms with E-state index in [4.69, 9.17) is 15.3 Å². The average molecular weight is 248 g/mol. The van der Waals surface area contributed by atoms with Crippen LogP contribution < -0.4 is 0 Å². The third-order valence-electron chi connectivity index (χ3n) is 1.88. The minimum Gasteiger partial charge on any atom is -0.483 e. The van der Waals surface area contributed by atoms with E-state index in [0.29, 0.717) is 23.0 Å². The molecule has 0 saturated heterocycles. The van der Waals surface area contributed by atoms with Crippen LogP contribution in [0.1, 0.15) is 25.0 Å². The van der Waals surface area contributed by atoms with Gasteiger partial charge in [-0.1, -0.05) is 6.92 Å². The number of ether oxygens (including phenoxy) is 1. The number of aromatic amines is 1. The van der Waals surface area contributed by atoms with Gasteiger partial charge >= 0.3 is 0 Å². The van der Waals surface area contributed by atoms with Crippen molar-refractivity contribution in [2.24, 2.45) is 4.99 Å². The molecule has 0 radical (unpaired) electrons. The molecule has 0 fully saturated rings. The molecule has 1 N–H and O–H groups in total. The van der Waals surface area contributed by atoms with Crippen LogP contribution in [-0.2, 0) is 4.74 Å². The van der Waals surface area contributed by atoms with E-state index in [0.717, 1.165) is 5.75 Å². The van der Waals surface area contributed by atoms with Crippen molar-refractivity contribution in [2.45, 2.75) is 18.9 Å². The lowest BCUT2D eigenvalue weighted by Crippen LogP contribution is -1.84. The number of nitriles is 2. The van der Waals surface area contributed by atoms with Gasteiger partial charge in [-0.15, -0.1) is 11.8 Å². The second-order valence-corrected chi connectivity index (χ2v) is 4.17. The van der Waals surface area contributed by atoms with Gasteiger partial charge < -0.3 is 9.72 Å². The van der Waals surface area contributed by atoms with Crippen LogP contribution >= 0.6 is 11.8 Å². The minimum atomic E-state index is 0.263. The van der Waals surface area contributed by atoms with Crippen LogP contribution in [-0.4, -0.2) is 23.7 Å². The first-order chi connectivity index (χ1) is 8.28. The fraction of sp³-hybridized carbons (Fsp3) is 0.364. The van der Waals surface area contributed by atoms with Gasteiger partial charge in [0.15, 0.2) is 12.2 Å². The molecule has 88 valence electrons. The van der Waals surface area contributed by atoms with Gasteiger partial charge in [0.25, 0.3) is 0 Å². The second-order valence-electron chi connectivity index (χ2n) is 2.90. The Morgan fingerprint density at radius 3 is 2.59 bits per heavy atom. The molecule has 0 aromatic carbocycles. The molecule has 1 aromatic heterocycles. The summed E-state index contributed by atoms with van der Waals surface area (Å²) in [4.78, 5) is 6.94. The molecule has 0 bridgehead atoms. The van der Waals surface area contributed by atoms with E-state index in [1.807, 2.05) is 26.0 Å². The molecule has 0 aliphatic heterocycles. The van der Waals surface area contributed by atoms with Crippen LogP contribution in [0.25, 0.3) is 0 Å². The Hall–Kier alpha value is -1.92. The standard InChI is InChI=1S/C11H12N4OS/c1-3-16-7-14-10-8(5-12)9(6-13)11(15-10)17-4-2/h7,15H,3-4H2,1-2H3/b14-7+. The zero-order valence-electron chi connectivity index (χ0n) is 9.65. The lowest BCUT2D eigenvalue weighted by molar-refractivity contribution is 0.344. The van der Waals surface area contributed by atoms with Gasteiger partial charge in [-0.3, -0.25) is 0 Å². The predicted octanol–water partition coefficient (Wildman–Crippen LogP) is 2.57. The van der Waals surface area contributed by atoms with E-state index in [-0.39, 0.29) is 5.56 Å². The van der Waals surface area contributed by atoms with Gasteiger partial charge in [-0.05, 0) is 12.7 Å². The Labute approximate surface area is 104 Å². The maximum absolute atomic E-state index is 9.02. The van der Waals surface area contributed by atoms with Gasteiger partial charge in [0.1, 0.15) is 23.3 Å². The van der Waals surface area contributed by atoms with Crippen molar-refractivity contribution in [3.8, 4) is 12.1 Å². The lowest BCUT2D eigenvalue weighted by atomic mass is 10.2. The monoisotopic (exact) mass is 248 g/mol. The number of hydrogen-bond acceptors (Lipinski definition) is 5. The molecule has 1 aromatic rings. The largest absolute Gasteiger partial charge is 0.483 e. The summed E-state index contributed by atoms with van der Waals surface area (Å²) in [5.74, 6) is 1.18. The molecule has 0 saturated carbocycles. The highest BCUT2D eigenvalue weighted by Crippen LogP contribution is 2.30. The van der Waals surface area contributed by atoms with Crippen molar-refractivity contribution in [2.75, 3.05) is 12.4 Å². The van der Waals surface area contributed by atoms with E-state index < -0.39 is 0 Å². The molecular formula is C11H12N4OS. The van der Waals surface area contributed by atoms with E-state index >= 15 is 0 Å². The highest BCUT2D eigenvalue weighted by molar-refractivity contribution is 7.99. The topological polar surface area (TPSA) is 85.0 Å². The molecule has 17 heavy (non-hydrogen) atoms. The SMILES string of the molecule is CCO/C=N/c1[nH]c(SCC)c(C#N)c1C#N. The number of aromatic nitrogens is 1. The average Bonchev–Trinajstić information content (AvgIpc) is 2.67. The molecule has 0 spiro atoms. The summed E-state index contributed by atoms with van der Waals surface area (Å²) in [7, 11) is 0. The van der Waals surface area contributed by atoms with E-state index in [1.54, 1.807) is 0 Å². The third-order valence-corrected chi connectivity index (χ3v) is 2.76. The predicted molar refractivity (Wildman–Crippen MR) is 66.4 cm³/mol. The van der Waals surface area contributed by atoms with Gasteiger partial charge in [-0.2, -0.15) is 10.5 Å². The van der Waals surface area contributed by atoms with Crippen LogP contribution in [0.4, 0.5) is 5.82 Å². The van der Waals surface area contributed by atoms with Crippen molar-refractivity contribution in [3.05, 3.63) is 11.1 Å². The lowest BCUT2D eigenvalue weighted by Gasteiger charge is -1.92. The maximum atomic E-state index is 9.02. The molecule has 6 heteroatoms. The Bertz CT molecular complexity index is 493. The fourth-order valence-corrected chi connectivity index (χ4v) is 1.94. The zero-order valence-corrected chi connectivity index (χ0v) is 10.5. The molecule has 0 aliphatic rings. The summed E-state index contributed by atoms with van der Waals surface area (Å²) in [5, 5.41) is 18.7. The van der Waals surface area contributed by atoms with E-state index in [9.17, 15) is 0 Å². The summed E-state index contributed by atoms with van der Waals surface area (Å²) >= 11 is 1.47. The van der Waals surface area contributed by atoms with Gasteiger partial charge in [0, 0.05) is 0 Å². The van der Waals surface area contributed by atoms with Crippen molar-refractivity contribution in [3.63, 3.8) is 0 Å². The van der Waals surface area contributed by atoms with Gasteiger partial charge in [0.05, 0.1) is 11.6 Å². The maximum Gasteiger partial charge on any atom is 0.176 e. The first-order valence-electron chi connectivity index (χ1n) is 5.11. The third kappa shape index (κ3) is 3.02. The van der Waals surface area contributed by atoms with E-state index in [1.165, 1.54) is 18.2 Å². The molecule has 1 rings (SSSR count). The zero-order chi connectivity index (χ0) is 12.7. The Balaban J connectivity index is 3.14. The highest BCUT2D eigenvalue weighted by atomic mass is 32.2. The number of hydrogen-bond donors (Lipinski definition) is 1. The first-order valence-corrected chi connectivity index (χ1v) is 6.10. The molecule has 0 unspecified atom stereocenters. The molecule has 5 nitrogen and oxygen atoms in total. The van der Waals surface area contributed by atoms with E-state index in [2.05, 4.69) is 9.98 Å². The van der Waals surface area contributed by atoms with Crippen molar-refractivity contribution < 1.29 is 4.74 Å². The number of aliphatic imine (C=N–C) groups is 1. The number of thioether (sulfide) groups is 1. The number of nitrogens with one attached hydrogen (secondary N) is 1. The number of rotatable bonds is 5. The van der Waals surface area contributed by atoms with Crippen LogP contribution in [0.2, 0.25) is 0 Å². The van der Waals surface area contributed by atoms with Crippen molar-refractivity contribution >= 4 is 24.0 Å². The molecular weight excluding hydrogens is 236 g/mol. The van der Waals surface area contributed by atoms with Crippen molar-refractivity contribution in [1.29, 1.82) is 10.5 Å². The van der Waals surface area contributed by atoms with Crippen LogP contribution in [0.3, 0.4) is 0 Å². The number of nitrogens with zero attached hydrogens (tertiary/aromatic N) is 3. The first kappa shape index (κ1) is 13.1. The molecule has 0 atom stereocenters. The Morgan fingerprint density at radius 1 is 1.35 bits per heavy atom. The second kappa shape index (κ2) is 6.62. The van der Waals surface area contributed by atoms with Crippen molar-refractivity contribution in [1.82, 2.24) is 4.98 Å². The summed E-state index contributed by atoms with van der Waals surface area (Å²) in [6.45, 7) is 4.32. The minimum absolute atomic E-state index is 0.263. The van der Waals surface area contributed by atoms with Crippen LogP contribution in [0, 0.1) is 22.7 Å². The van der Waals surface area contributed by atoms with Gasteiger partial charge in [0.2, 0.25) is 0 Å². The van der Waals surface area contributed by atoms with Gasteiger partial charge in [-0.25, -0.2) is 4.99 Å². The summed E-state index contributed by atoms with van der Waals surface area (Å²) in [6, 6.07) is 4.01. The molecule has 1 heterocycles. The molecule has 0 amide bonds. The highest BCUT2D eigenvalue weighted by Gasteiger charge is 2.16. The van der Waals surface area contributed by atoms with Crippen LogP contribution in [0.15, 0.2) is 10.0 Å². The summed E-state index contributed by atoms with van der Waals surface area (Å²) in [6.07, 6.45) is 1.27. The normalized spacial score (nSPS) is 10.1. The quantitative estimate of drug-likeness (QED) is 0.493. The van der Waals surface area contributed by atoms with Crippen LogP contribution in [0.5, 0.6) is 0 Å². The summed E-state index contributed by atoms with van der Waals surface area (Å²) in [5.41, 5.74) is 0.613. The number of H-pyrrole nitrogens is 1. The summed E-state index contributed by atoms with van der Waals surface area (Å²) < 4.78 is 4.97.